The Morgan fingerprint density at radius 2 is 2.04 bits per heavy atom. The zero-order valence-corrected chi connectivity index (χ0v) is 16.2. The second-order valence-electron chi connectivity index (χ2n) is 5.68. The average Bonchev–Trinajstić information content (AvgIpc) is 2.90. The van der Waals surface area contributed by atoms with Gasteiger partial charge in [0.15, 0.2) is 0 Å². The largest absolute Gasteiger partial charge is 0.450 e. The van der Waals surface area contributed by atoms with E-state index in [0.717, 1.165) is 17.8 Å². The Hall–Kier alpha value is -2.68. The number of aromatic nitrogens is 1. The molecule has 0 aliphatic heterocycles. The zero-order chi connectivity index (χ0) is 20.0. The predicted octanol–water partition coefficient (Wildman–Crippen LogP) is 3.59. The molecule has 146 valence electrons. The van der Waals surface area contributed by atoms with E-state index in [4.69, 9.17) is 4.74 Å². The van der Waals surface area contributed by atoms with Crippen molar-refractivity contribution in [1.82, 2.24) is 9.88 Å². The fourth-order valence-electron chi connectivity index (χ4n) is 2.47. The highest BCUT2D eigenvalue weighted by Crippen LogP contribution is 2.25. The molecular weight excluding hydrogens is 373 g/mol. The van der Waals surface area contributed by atoms with Gasteiger partial charge in [-0.2, -0.15) is 0 Å². The number of amides is 2. The molecule has 0 saturated carbocycles. The van der Waals surface area contributed by atoms with Crippen LogP contribution in [0.2, 0.25) is 0 Å². The molecule has 2 N–H and O–H groups in total. The van der Waals surface area contributed by atoms with Crippen LogP contribution >= 0.6 is 11.3 Å². The lowest BCUT2D eigenvalue weighted by Gasteiger charge is -2.09. The summed E-state index contributed by atoms with van der Waals surface area (Å²) < 4.78 is 21.2. The molecule has 0 aliphatic carbocycles. The Kier molecular flexibility index (Phi) is 7.12. The van der Waals surface area contributed by atoms with Crippen LogP contribution in [-0.2, 0) is 16.1 Å². The number of nitrogens with zero attached hydrogens (tertiary/aromatic N) is 1. The summed E-state index contributed by atoms with van der Waals surface area (Å²) in [5.74, 6) is -1.23. The first-order valence-electron chi connectivity index (χ1n) is 8.67. The van der Waals surface area contributed by atoms with Crippen LogP contribution < -0.4 is 15.5 Å². The summed E-state index contributed by atoms with van der Waals surface area (Å²) >= 11 is 0.968. The maximum atomic E-state index is 14.3. The summed E-state index contributed by atoms with van der Waals surface area (Å²) in [5, 5.41) is 4.92. The Balaban J connectivity index is 2.26. The van der Waals surface area contributed by atoms with Gasteiger partial charge < -0.3 is 10.1 Å². The van der Waals surface area contributed by atoms with E-state index in [9.17, 15) is 18.8 Å². The summed E-state index contributed by atoms with van der Waals surface area (Å²) in [6.45, 7) is 6.09. The molecule has 2 amide bonds. The highest BCUT2D eigenvalue weighted by Gasteiger charge is 2.14. The number of thiazole rings is 1. The van der Waals surface area contributed by atoms with Crippen LogP contribution in [0.3, 0.4) is 0 Å². The first-order valence-corrected chi connectivity index (χ1v) is 9.49. The first-order chi connectivity index (χ1) is 12.9. The third-order valence-corrected chi connectivity index (χ3v) is 4.63. The van der Waals surface area contributed by atoms with Crippen molar-refractivity contribution in [3.63, 3.8) is 0 Å². The molecule has 1 heterocycles. The summed E-state index contributed by atoms with van der Waals surface area (Å²) in [6.07, 6.45) is 1.65. The van der Waals surface area contributed by atoms with Crippen LogP contribution in [-0.4, -0.2) is 23.2 Å². The summed E-state index contributed by atoms with van der Waals surface area (Å²) in [7, 11) is 0. The summed E-state index contributed by atoms with van der Waals surface area (Å²) in [6, 6.07) is 2.69. The number of aryl methyl sites for hydroxylation is 1. The Morgan fingerprint density at radius 1 is 1.30 bits per heavy atom. The number of fused-ring (bicyclic) bond motifs is 1. The van der Waals surface area contributed by atoms with Crippen LogP contribution in [0, 0.1) is 5.82 Å². The number of halogens is 1. The van der Waals surface area contributed by atoms with E-state index in [2.05, 4.69) is 10.6 Å². The van der Waals surface area contributed by atoms with Crippen LogP contribution in [0.5, 0.6) is 0 Å². The number of anilines is 1. The highest BCUT2D eigenvalue weighted by molar-refractivity contribution is 7.16. The molecule has 27 heavy (non-hydrogen) atoms. The number of hydrogen-bond donors (Lipinski definition) is 2. The molecule has 9 heteroatoms. The minimum absolute atomic E-state index is 0.0296. The topological polar surface area (TPSA) is 89.4 Å². The first kappa shape index (κ1) is 20.6. The standard InChI is InChI=1S/C18H22FN3O4S/c1-4-7-22-14-10-13(12(19)9-15(14)27-18(22)25)21-16(23)8-11(5-2)20-17(24)26-6-3/h8-10H,4-7H2,1-3H3,(H,20,24)(H,21,23)/b11-8-. The number of allylic oxidation sites excluding steroid dienone is 1. The van der Waals surface area contributed by atoms with Gasteiger partial charge in [-0.25, -0.2) is 9.18 Å². The fourth-order valence-corrected chi connectivity index (χ4v) is 3.39. The monoisotopic (exact) mass is 395 g/mol. The minimum atomic E-state index is -0.659. The lowest BCUT2D eigenvalue weighted by molar-refractivity contribution is -0.112. The summed E-state index contributed by atoms with van der Waals surface area (Å²) in [5.41, 5.74) is 0.886. The molecule has 0 bridgehead atoms. The van der Waals surface area contributed by atoms with E-state index in [-0.39, 0.29) is 17.2 Å². The number of hydrogen-bond acceptors (Lipinski definition) is 5. The molecule has 0 spiro atoms. The van der Waals surface area contributed by atoms with Gasteiger partial charge in [-0.3, -0.25) is 19.5 Å². The lowest BCUT2D eigenvalue weighted by atomic mass is 10.2. The van der Waals surface area contributed by atoms with Gasteiger partial charge in [0.05, 0.1) is 22.5 Å². The third kappa shape index (κ3) is 5.16. The number of benzene rings is 1. The number of rotatable bonds is 7. The van der Waals surface area contributed by atoms with Gasteiger partial charge in [-0.05, 0) is 31.9 Å². The number of ether oxygens (including phenoxy) is 1. The lowest BCUT2D eigenvalue weighted by Crippen LogP contribution is -2.25. The van der Waals surface area contributed by atoms with Crippen molar-refractivity contribution in [2.45, 2.75) is 40.2 Å². The van der Waals surface area contributed by atoms with E-state index in [0.29, 0.717) is 28.9 Å². The van der Waals surface area contributed by atoms with Gasteiger partial charge in [0, 0.05) is 18.3 Å². The van der Waals surface area contributed by atoms with E-state index in [1.807, 2.05) is 6.92 Å². The average molecular weight is 395 g/mol. The smallest absolute Gasteiger partial charge is 0.411 e. The molecule has 0 unspecified atom stereocenters. The van der Waals surface area contributed by atoms with Gasteiger partial charge in [0.1, 0.15) is 5.82 Å². The minimum Gasteiger partial charge on any atom is -0.450 e. The Bertz CT molecular complexity index is 933. The molecule has 0 aliphatic rings. The molecule has 0 fully saturated rings. The van der Waals surface area contributed by atoms with E-state index in [1.165, 1.54) is 18.2 Å². The number of carbonyl (C=O) groups is 2. The number of carbonyl (C=O) groups excluding carboxylic acids is 2. The second kappa shape index (κ2) is 9.31. The Labute approximate surface area is 159 Å². The normalized spacial score (nSPS) is 11.5. The molecule has 0 saturated heterocycles. The number of nitrogens with one attached hydrogen (secondary N) is 2. The molecular formula is C18H22FN3O4S. The maximum Gasteiger partial charge on any atom is 0.411 e. The fraction of sp³-hybridized carbons (Fsp3) is 0.389. The quantitative estimate of drug-likeness (QED) is 0.701. The molecule has 1 aromatic heterocycles. The van der Waals surface area contributed by atoms with Crippen molar-refractivity contribution in [3.05, 3.63) is 39.4 Å². The van der Waals surface area contributed by atoms with Crippen molar-refractivity contribution in [2.75, 3.05) is 11.9 Å². The molecule has 2 rings (SSSR count). The maximum absolute atomic E-state index is 14.3. The van der Waals surface area contributed by atoms with Gasteiger partial charge in [0.25, 0.3) is 0 Å². The Morgan fingerprint density at radius 3 is 2.67 bits per heavy atom. The van der Waals surface area contributed by atoms with Crippen LogP contribution in [0.4, 0.5) is 14.9 Å². The third-order valence-electron chi connectivity index (χ3n) is 3.69. The van der Waals surface area contributed by atoms with Gasteiger partial charge in [0.2, 0.25) is 5.91 Å². The summed E-state index contributed by atoms with van der Waals surface area (Å²) in [4.78, 5) is 35.5. The van der Waals surface area contributed by atoms with E-state index in [1.54, 1.807) is 18.4 Å². The molecule has 7 nitrogen and oxygen atoms in total. The SMILES string of the molecule is CCCn1c(=O)sc2cc(F)c(NC(=O)/C=C(/CC)NC(=O)OCC)cc21. The molecule has 0 atom stereocenters. The van der Waals surface area contributed by atoms with Crippen molar-refractivity contribution >= 4 is 39.2 Å². The van der Waals surface area contributed by atoms with Crippen molar-refractivity contribution < 1.29 is 18.7 Å². The van der Waals surface area contributed by atoms with Crippen LogP contribution in [0.1, 0.15) is 33.6 Å². The molecule has 2 aromatic rings. The van der Waals surface area contributed by atoms with Crippen LogP contribution in [0.25, 0.3) is 10.2 Å². The van der Waals surface area contributed by atoms with Crippen molar-refractivity contribution in [2.24, 2.45) is 0 Å². The van der Waals surface area contributed by atoms with E-state index < -0.39 is 17.8 Å². The zero-order valence-electron chi connectivity index (χ0n) is 15.4. The molecule has 0 radical (unpaired) electrons. The van der Waals surface area contributed by atoms with E-state index >= 15 is 0 Å². The van der Waals surface area contributed by atoms with Crippen molar-refractivity contribution in [1.29, 1.82) is 0 Å². The van der Waals surface area contributed by atoms with Gasteiger partial charge in [-0.15, -0.1) is 0 Å². The van der Waals surface area contributed by atoms with Gasteiger partial charge >= 0.3 is 11.0 Å². The highest BCUT2D eigenvalue weighted by atomic mass is 32.1. The van der Waals surface area contributed by atoms with Gasteiger partial charge in [-0.1, -0.05) is 25.2 Å². The van der Waals surface area contributed by atoms with Crippen LogP contribution in [0.15, 0.2) is 28.7 Å². The second-order valence-corrected chi connectivity index (χ2v) is 6.67. The number of alkyl carbamates (subject to hydrolysis) is 1. The molecule has 1 aromatic carbocycles. The van der Waals surface area contributed by atoms with Crippen molar-refractivity contribution in [3.8, 4) is 0 Å². The predicted molar refractivity (Wildman–Crippen MR) is 103 cm³/mol.